The third-order valence-corrected chi connectivity index (χ3v) is 6.06. The van der Waals surface area contributed by atoms with Crippen molar-refractivity contribution in [2.45, 2.75) is 32.3 Å². The van der Waals surface area contributed by atoms with Gasteiger partial charge in [-0.05, 0) is 67.5 Å². The molecule has 1 aromatic heterocycles. The zero-order valence-electron chi connectivity index (χ0n) is 17.9. The summed E-state index contributed by atoms with van der Waals surface area (Å²) in [5.74, 6) is -0.514. The molecule has 0 spiro atoms. The normalized spacial score (nSPS) is 17.1. The number of amides is 2. The quantitative estimate of drug-likeness (QED) is 0.674. The molecule has 2 amide bonds. The number of benzene rings is 2. The van der Waals surface area contributed by atoms with E-state index in [-0.39, 0.29) is 11.8 Å². The third kappa shape index (κ3) is 3.48. The molecule has 2 aliphatic rings. The van der Waals surface area contributed by atoms with Crippen LogP contribution in [0, 0.1) is 0 Å². The van der Waals surface area contributed by atoms with Crippen molar-refractivity contribution in [2.75, 3.05) is 0 Å². The molecule has 160 valence electrons. The number of hydrogen-bond acceptors (Lipinski definition) is 4. The SMILES string of the molecule is CC1=CN(C(=O)C2(O)CC2)C(C)=CN1C(=O)c1ccc(-c2ccc3cnccc3c2)cc1. The predicted octanol–water partition coefficient (Wildman–Crippen LogP) is 4.43. The van der Waals surface area contributed by atoms with Crippen molar-refractivity contribution in [2.24, 2.45) is 0 Å². The Morgan fingerprint density at radius 3 is 2.25 bits per heavy atom. The molecule has 32 heavy (non-hydrogen) atoms. The molecule has 0 bridgehead atoms. The van der Waals surface area contributed by atoms with Crippen molar-refractivity contribution >= 4 is 22.6 Å². The molecular formula is C26H23N3O3. The van der Waals surface area contributed by atoms with Gasteiger partial charge in [0.2, 0.25) is 0 Å². The molecule has 1 saturated carbocycles. The van der Waals surface area contributed by atoms with Crippen molar-refractivity contribution in [1.29, 1.82) is 0 Å². The lowest BCUT2D eigenvalue weighted by Crippen LogP contribution is -2.40. The topological polar surface area (TPSA) is 73.7 Å². The fraction of sp³-hybridized carbons (Fsp3) is 0.192. The Labute approximate surface area is 186 Å². The molecule has 6 nitrogen and oxygen atoms in total. The maximum Gasteiger partial charge on any atom is 0.262 e. The first-order valence-electron chi connectivity index (χ1n) is 10.6. The second-order valence-electron chi connectivity index (χ2n) is 8.44. The van der Waals surface area contributed by atoms with Crippen LogP contribution in [0.3, 0.4) is 0 Å². The zero-order valence-corrected chi connectivity index (χ0v) is 17.9. The molecule has 2 heterocycles. The fourth-order valence-corrected chi connectivity index (χ4v) is 3.90. The summed E-state index contributed by atoms with van der Waals surface area (Å²) >= 11 is 0. The van der Waals surface area contributed by atoms with E-state index < -0.39 is 5.60 Å². The van der Waals surface area contributed by atoms with E-state index in [0.717, 1.165) is 21.9 Å². The van der Waals surface area contributed by atoms with Crippen LogP contribution in [0.25, 0.3) is 21.9 Å². The number of fused-ring (bicyclic) bond motifs is 1. The van der Waals surface area contributed by atoms with Gasteiger partial charge >= 0.3 is 0 Å². The summed E-state index contributed by atoms with van der Waals surface area (Å²) in [6.07, 6.45) is 7.83. The first kappa shape index (κ1) is 20.2. The lowest BCUT2D eigenvalue weighted by atomic mass is 10.0. The molecule has 2 aromatic carbocycles. The molecule has 0 radical (unpaired) electrons. The number of hydrogen-bond donors (Lipinski definition) is 1. The first-order chi connectivity index (χ1) is 15.4. The summed E-state index contributed by atoms with van der Waals surface area (Å²) in [6, 6.07) is 15.7. The highest BCUT2D eigenvalue weighted by molar-refractivity contribution is 5.97. The van der Waals surface area contributed by atoms with Crippen molar-refractivity contribution in [3.05, 3.63) is 90.3 Å². The fourth-order valence-electron chi connectivity index (χ4n) is 3.90. The molecule has 1 aliphatic carbocycles. The number of rotatable bonds is 3. The molecule has 5 rings (SSSR count). The highest BCUT2D eigenvalue weighted by atomic mass is 16.3. The van der Waals surface area contributed by atoms with Crippen LogP contribution < -0.4 is 0 Å². The molecule has 1 aliphatic heterocycles. The maximum atomic E-state index is 13.1. The van der Waals surface area contributed by atoms with E-state index in [1.807, 2.05) is 48.7 Å². The van der Waals surface area contributed by atoms with Crippen LogP contribution in [-0.2, 0) is 4.79 Å². The Balaban J connectivity index is 1.37. The second-order valence-corrected chi connectivity index (χ2v) is 8.44. The van der Waals surface area contributed by atoms with Gasteiger partial charge in [-0.3, -0.25) is 24.4 Å². The number of aliphatic hydroxyl groups is 1. The van der Waals surface area contributed by atoms with Gasteiger partial charge in [-0.15, -0.1) is 0 Å². The molecule has 0 saturated heterocycles. The summed E-state index contributed by atoms with van der Waals surface area (Å²) < 4.78 is 0. The Morgan fingerprint density at radius 2 is 1.53 bits per heavy atom. The number of carbonyl (C=O) groups is 2. The predicted molar refractivity (Wildman–Crippen MR) is 122 cm³/mol. The average Bonchev–Trinajstić information content (AvgIpc) is 3.57. The molecule has 1 fully saturated rings. The summed E-state index contributed by atoms with van der Waals surface area (Å²) in [5, 5.41) is 12.3. The number of pyridine rings is 1. The van der Waals surface area contributed by atoms with E-state index in [9.17, 15) is 14.7 Å². The first-order valence-corrected chi connectivity index (χ1v) is 10.6. The van der Waals surface area contributed by atoms with Gasteiger partial charge in [0.15, 0.2) is 0 Å². The van der Waals surface area contributed by atoms with E-state index in [2.05, 4.69) is 11.1 Å². The van der Waals surface area contributed by atoms with Gasteiger partial charge in [0.1, 0.15) is 5.60 Å². The summed E-state index contributed by atoms with van der Waals surface area (Å²) in [6.45, 7) is 3.53. The highest BCUT2D eigenvalue weighted by Crippen LogP contribution is 2.38. The van der Waals surface area contributed by atoms with Crippen molar-refractivity contribution in [3.63, 3.8) is 0 Å². The standard InChI is InChI=1S/C26H23N3O3/c1-17-16-29(25(31)26(32)10-11-26)18(2)15-28(17)24(30)20-5-3-19(4-6-20)21-7-8-23-14-27-12-9-22(23)13-21/h3-9,12-16,32H,10-11H2,1-2H3. The maximum absolute atomic E-state index is 13.1. The van der Waals surface area contributed by atoms with E-state index in [4.69, 9.17) is 0 Å². The number of nitrogens with zero attached hydrogens (tertiary/aromatic N) is 3. The molecule has 6 heteroatoms. The van der Waals surface area contributed by atoms with Gasteiger partial charge in [0, 0.05) is 47.1 Å². The van der Waals surface area contributed by atoms with Gasteiger partial charge < -0.3 is 5.11 Å². The minimum Gasteiger partial charge on any atom is -0.380 e. The van der Waals surface area contributed by atoms with E-state index >= 15 is 0 Å². The Kier molecular flexibility index (Phi) is 4.68. The monoisotopic (exact) mass is 425 g/mol. The molecule has 3 aromatic rings. The van der Waals surface area contributed by atoms with Crippen LogP contribution in [0.2, 0.25) is 0 Å². The van der Waals surface area contributed by atoms with Crippen LogP contribution in [0.5, 0.6) is 0 Å². The third-order valence-electron chi connectivity index (χ3n) is 6.06. The Morgan fingerprint density at radius 1 is 0.875 bits per heavy atom. The van der Waals surface area contributed by atoms with E-state index in [1.54, 1.807) is 32.4 Å². The van der Waals surface area contributed by atoms with Gasteiger partial charge in [0.05, 0.1) is 0 Å². The van der Waals surface area contributed by atoms with Crippen molar-refractivity contribution in [1.82, 2.24) is 14.8 Å². The summed E-state index contributed by atoms with van der Waals surface area (Å²) in [5.41, 5.74) is 2.60. The lowest BCUT2D eigenvalue weighted by molar-refractivity contribution is -0.138. The summed E-state index contributed by atoms with van der Waals surface area (Å²) in [4.78, 5) is 32.8. The van der Waals surface area contributed by atoms with Gasteiger partial charge in [-0.1, -0.05) is 24.3 Å². The molecule has 0 atom stereocenters. The number of allylic oxidation sites excluding steroid dienone is 2. The number of aromatic nitrogens is 1. The van der Waals surface area contributed by atoms with Crippen LogP contribution in [0.15, 0.2) is 84.7 Å². The molecule has 1 N–H and O–H groups in total. The smallest absolute Gasteiger partial charge is 0.262 e. The summed E-state index contributed by atoms with van der Waals surface area (Å²) in [7, 11) is 0. The average molecular weight is 425 g/mol. The van der Waals surface area contributed by atoms with Gasteiger partial charge in [-0.25, -0.2) is 0 Å². The minimum absolute atomic E-state index is 0.175. The largest absolute Gasteiger partial charge is 0.380 e. The van der Waals surface area contributed by atoms with Crippen LogP contribution >= 0.6 is 0 Å². The lowest BCUT2D eigenvalue weighted by Gasteiger charge is -2.31. The van der Waals surface area contributed by atoms with Crippen molar-refractivity contribution in [3.8, 4) is 11.1 Å². The van der Waals surface area contributed by atoms with Crippen LogP contribution in [0.1, 0.15) is 37.0 Å². The molecule has 0 unspecified atom stereocenters. The van der Waals surface area contributed by atoms with Crippen LogP contribution in [0.4, 0.5) is 0 Å². The van der Waals surface area contributed by atoms with E-state index in [1.165, 1.54) is 9.80 Å². The number of carbonyl (C=O) groups excluding carboxylic acids is 2. The van der Waals surface area contributed by atoms with Gasteiger partial charge in [0.25, 0.3) is 11.8 Å². The zero-order chi connectivity index (χ0) is 22.5. The Hall–Kier alpha value is -3.77. The van der Waals surface area contributed by atoms with E-state index in [0.29, 0.717) is 29.8 Å². The highest BCUT2D eigenvalue weighted by Gasteiger charge is 2.50. The van der Waals surface area contributed by atoms with Crippen molar-refractivity contribution < 1.29 is 14.7 Å². The Bertz CT molecular complexity index is 1300. The second kappa shape index (κ2) is 7.43. The van der Waals surface area contributed by atoms with Crippen LogP contribution in [-0.4, -0.2) is 37.3 Å². The minimum atomic E-state index is -1.26. The molecular weight excluding hydrogens is 402 g/mol. The van der Waals surface area contributed by atoms with Gasteiger partial charge in [-0.2, -0.15) is 0 Å².